The van der Waals surface area contributed by atoms with E-state index in [2.05, 4.69) is 5.32 Å². The lowest BCUT2D eigenvalue weighted by Crippen LogP contribution is -2.63. The van der Waals surface area contributed by atoms with Crippen LogP contribution in [0.1, 0.15) is 105 Å². The Hall–Kier alpha value is -5.55. The second kappa shape index (κ2) is 24.2. The Morgan fingerprint density at radius 1 is 1.01 bits per heavy atom. The van der Waals surface area contributed by atoms with Gasteiger partial charge < -0.3 is 43.4 Å². The SMILES string of the molecule is C.COc1cc2cc(c1Cl)N(C)C(=O)CC(OC(=O)C(C)N(C)C(=O)CCSC1CC(=O)N(CC3CCC(C(=O)ON4C(=O)CCC4=O)CC3)C1=O)C1(C)OC1C(C)C1CC(O)(NC(=O)O1)C(OC)/C=C/C=C(\C)C2. The molecule has 2 N–H and O–H groups in total. The molecule has 9 atom stereocenters. The molecule has 1 aromatic carbocycles. The number of rotatable bonds is 13. The first kappa shape index (κ1) is 58.7. The third kappa shape index (κ3) is 13.0. The maximum Gasteiger partial charge on any atom is 0.409 e. The lowest BCUT2D eigenvalue weighted by Gasteiger charge is -2.42. The van der Waals surface area contributed by atoms with Crippen molar-refractivity contribution in [3.63, 3.8) is 0 Å². The van der Waals surface area contributed by atoms with E-state index in [1.807, 2.05) is 13.0 Å². The van der Waals surface area contributed by atoms with Gasteiger partial charge >= 0.3 is 18.0 Å². The molecule has 0 spiro atoms. The zero-order valence-electron chi connectivity index (χ0n) is 42.9. The van der Waals surface area contributed by atoms with Crippen molar-refractivity contribution in [2.45, 2.75) is 153 Å². The maximum atomic E-state index is 14.4. The molecule has 4 saturated heterocycles. The molecule has 1 aliphatic carbocycles. The molecule has 7 rings (SSSR count). The topological polar surface area (TPSA) is 258 Å². The highest BCUT2D eigenvalue weighted by molar-refractivity contribution is 8.00. The fourth-order valence-electron chi connectivity index (χ4n) is 10.3. The van der Waals surface area contributed by atoms with Crippen LogP contribution in [-0.2, 0) is 68.6 Å². The fraction of sp³-hybridized carbons (Fsp3) is 0.635. The van der Waals surface area contributed by atoms with Crippen molar-refractivity contribution in [1.82, 2.24) is 20.2 Å². The normalized spacial score (nSPS) is 31.8. The third-order valence-corrected chi connectivity index (χ3v) is 16.8. The van der Waals surface area contributed by atoms with Crippen LogP contribution in [0.25, 0.3) is 0 Å². The minimum atomic E-state index is -1.89. The summed E-state index contributed by atoms with van der Waals surface area (Å²) in [7, 11) is 5.84. The van der Waals surface area contributed by atoms with Gasteiger partial charge in [0.1, 0.15) is 40.7 Å². The molecule has 4 bridgehead atoms. The van der Waals surface area contributed by atoms with Gasteiger partial charge in [0.2, 0.25) is 23.6 Å². The van der Waals surface area contributed by atoms with Crippen molar-refractivity contribution in [2.24, 2.45) is 17.8 Å². The van der Waals surface area contributed by atoms with Gasteiger partial charge in [0, 0.05) is 71.5 Å². The number of alkyl carbamates (subject to hydrolysis) is 1. The number of allylic oxidation sites excluding steroid dienone is 3. The van der Waals surface area contributed by atoms with Crippen LogP contribution in [0, 0.1) is 17.8 Å². The summed E-state index contributed by atoms with van der Waals surface area (Å²) in [6.07, 6.45) is 2.04. The first-order valence-electron chi connectivity index (χ1n) is 24.9. The van der Waals surface area contributed by atoms with Crippen LogP contribution in [0.2, 0.25) is 5.02 Å². The van der Waals surface area contributed by atoms with Gasteiger partial charge in [-0.3, -0.25) is 39.0 Å². The molecule has 7 amide bonds. The highest BCUT2D eigenvalue weighted by Crippen LogP contribution is 2.49. The molecule has 5 heterocycles. The number of nitrogens with zero attached hydrogens (tertiary/aromatic N) is 4. The number of imide groups is 2. The first-order valence-corrected chi connectivity index (χ1v) is 26.3. The summed E-state index contributed by atoms with van der Waals surface area (Å²) >= 11 is 7.98. The van der Waals surface area contributed by atoms with E-state index < -0.39 is 107 Å². The number of amides is 7. The van der Waals surface area contributed by atoms with E-state index in [0.29, 0.717) is 48.6 Å². The minimum Gasteiger partial charge on any atom is -0.495 e. The van der Waals surface area contributed by atoms with Crippen molar-refractivity contribution in [3.8, 4) is 5.75 Å². The zero-order chi connectivity index (χ0) is 54.0. The number of likely N-dealkylation sites (N-methyl/N-ethyl adjacent to an activating group) is 1. The van der Waals surface area contributed by atoms with E-state index in [1.54, 1.807) is 38.1 Å². The van der Waals surface area contributed by atoms with E-state index in [-0.39, 0.29) is 74.6 Å². The number of aliphatic hydroxyl groups is 1. The van der Waals surface area contributed by atoms with Crippen LogP contribution in [0.15, 0.2) is 35.9 Å². The summed E-state index contributed by atoms with van der Waals surface area (Å²) in [5, 5.41) is 14.4. The van der Waals surface area contributed by atoms with Gasteiger partial charge in [-0.1, -0.05) is 49.8 Å². The molecule has 1 aromatic rings. The van der Waals surface area contributed by atoms with Gasteiger partial charge in [0.25, 0.3) is 11.8 Å². The standard InChI is InChI=1S/C51H66ClN5O16S.CH4/c1-27-10-9-11-37(69-8)51(67)25-35(70-49(66)53-51)28(2)45-50(4,72-45)38(24-42(61)55(6)33-21-31(20-27)22-34(68-7)44(33)52)71-47(64)29(3)54(5)39(58)18-19-74-36-23-43(62)56(46(36)63)26-30-12-14-32(15-13-30)48(65)73-57-40(59)16-17-41(57)60;/h9-11,21-22,28-30,32,35-38,45,67H,12-20,23-26H2,1-8H3,(H,53,66);1H4/b11-9+,27-10+;. The van der Waals surface area contributed by atoms with Crippen molar-refractivity contribution in [1.29, 1.82) is 0 Å². The van der Waals surface area contributed by atoms with Crippen molar-refractivity contribution in [3.05, 3.63) is 46.5 Å². The molecule has 0 aromatic heterocycles. The Bertz CT molecular complexity index is 2470. The number of methoxy groups -OCH3 is 2. The highest BCUT2D eigenvalue weighted by Gasteiger charge is 2.64. The van der Waals surface area contributed by atoms with E-state index >= 15 is 0 Å². The molecule has 1 saturated carbocycles. The monoisotopic (exact) mass is 1090 g/mol. The maximum absolute atomic E-state index is 14.4. The number of nitrogens with one attached hydrogen (secondary N) is 1. The third-order valence-electron chi connectivity index (χ3n) is 15.2. The molecule has 23 heteroatoms. The average Bonchev–Trinajstić information content (AvgIpc) is 3.87. The number of esters is 1. The molecule has 75 heavy (non-hydrogen) atoms. The second-order valence-electron chi connectivity index (χ2n) is 20.3. The van der Waals surface area contributed by atoms with Gasteiger partial charge in [-0.15, -0.1) is 16.8 Å². The average molecular weight is 1090 g/mol. The zero-order valence-corrected chi connectivity index (χ0v) is 44.5. The second-order valence-corrected chi connectivity index (χ2v) is 22.0. The van der Waals surface area contributed by atoms with Crippen LogP contribution in [0.4, 0.5) is 10.5 Å². The molecule has 5 aliphatic heterocycles. The van der Waals surface area contributed by atoms with Crippen molar-refractivity contribution >= 4 is 82.5 Å². The molecule has 0 radical (unpaired) electrons. The first-order chi connectivity index (χ1) is 35.0. The molecule has 5 fully saturated rings. The summed E-state index contributed by atoms with van der Waals surface area (Å²) < 4.78 is 29.4. The summed E-state index contributed by atoms with van der Waals surface area (Å²) in [6.45, 7) is 6.99. The smallest absolute Gasteiger partial charge is 0.409 e. The number of epoxide rings is 1. The van der Waals surface area contributed by atoms with Crippen LogP contribution in [0.5, 0.6) is 5.75 Å². The lowest BCUT2D eigenvalue weighted by molar-refractivity contribution is -0.201. The van der Waals surface area contributed by atoms with E-state index in [0.717, 1.165) is 11.1 Å². The van der Waals surface area contributed by atoms with Crippen molar-refractivity contribution < 1.29 is 76.8 Å². The summed E-state index contributed by atoms with van der Waals surface area (Å²) in [4.78, 5) is 127. The van der Waals surface area contributed by atoms with Crippen LogP contribution in [0.3, 0.4) is 0 Å². The van der Waals surface area contributed by atoms with Gasteiger partial charge in [0.05, 0.1) is 36.5 Å². The number of thioether (sulfide) groups is 1. The number of carbonyl (C=O) groups is 9. The van der Waals surface area contributed by atoms with E-state index in [1.165, 1.54) is 61.7 Å². The van der Waals surface area contributed by atoms with Gasteiger partial charge in [-0.2, -0.15) is 0 Å². The number of carbonyl (C=O) groups excluding carboxylic acids is 9. The Balaban J connectivity index is 0.00000914. The van der Waals surface area contributed by atoms with E-state index in [4.69, 9.17) is 40.1 Å². The Labute approximate surface area is 446 Å². The number of hydrogen-bond donors (Lipinski definition) is 2. The number of benzene rings is 1. The Morgan fingerprint density at radius 3 is 2.35 bits per heavy atom. The quantitative estimate of drug-likeness (QED) is 0.153. The lowest BCUT2D eigenvalue weighted by atomic mass is 9.82. The summed E-state index contributed by atoms with van der Waals surface area (Å²) in [6, 6.07) is 2.36. The molecular formula is C52H70ClN5O16S. The molecule has 6 aliphatic rings. The Kier molecular flexibility index (Phi) is 18.9. The number of anilines is 1. The summed E-state index contributed by atoms with van der Waals surface area (Å²) in [5.41, 5.74) is -1.23. The minimum absolute atomic E-state index is 0. The number of ether oxygens (including phenoxy) is 5. The van der Waals surface area contributed by atoms with Crippen LogP contribution >= 0.6 is 23.4 Å². The van der Waals surface area contributed by atoms with Crippen molar-refractivity contribution in [2.75, 3.05) is 45.5 Å². The number of halogens is 1. The number of fused-ring (bicyclic) bond motifs is 5. The largest absolute Gasteiger partial charge is 0.495 e. The van der Waals surface area contributed by atoms with Crippen LogP contribution < -0.4 is 15.0 Å². The number of hydrogen-bond acceptors (Lipinski definition) is 17. The number of likely N-dealkylation sites (tertiary alicyclic amines) is 1. The predicted molar refractivity (Wildman–Crippen MR) is 273 cm³/mol. The Morgan fingerprint density at radius 2 is 1.69 bits per heavy atom. The van der Waals surface area contributed by atoms with Gasteiger partial charge in [0.15, 0.2) is 5.72 Å². The van der Waals surface area contributed by atoms with Gasteiger partial charge in [-0.25, -0.2) is 14.4 Å². The number of hydroxylamine groups is 2. The highest BCUT2D eigenvalue weighted by atomic mass is 35.5. The molecule has 9 unspecified atom stereocenters. The van der Waals surface area contributed by atoms with Gasteiger partial charge in [-0.05, 0) is 76.5 Å². The van der Waals surface area contributed by atoms with Crippen LogP contribution in [-0.4, -0.2) is 161 Å². The molecule has 21 nitrogen and oxygen atoms in total. The fourth-order valence-corrected chi connectivity index (χ4v) is 11.7. The molecular weight excluding hydrogens is 1020 g/mol. The summed E-state index contributed by atoms with van der Waals surface area (Å²) in [5.74, 6) is -4.93. The molecule has 412 valence electrons. The van der Waals surface area contributed by atoms with E-state index in [9.17, 15) is 48.3 Å². The predicted octanol–water partition coefficient (Wildman–Crippen LogP) is 4.82.